The highest BCUT2D eigenvalue weighted by Gasteiger charge is 2.16. The Balaban J connectivity index is 2.22. The van der Waals surface area contributed by atoms with Crippen LogP contribution in [0.15, 0.2) is 47.2 Å². The highest BCUT2D eigenvalue weighted by atomic mass is 79.9. The standard InChI is InChI=1S/C12H11BrN2O/c1-9(15-8-2-7-14-15)12(16)10-3-5-11(13)6-4-10/h2-9H,1H3. The summed E-state index contributed by atoms with van der Waals surface area (Å²) in [6.45, 7) is 1.84. The highest BCUT2D eigenvalue weighted by Crippen LogP contribution is 2.16. The Bertz CT molecular complexity index is 476. The van der Waals surface area contributed by atoms with Crippen molar-refractivity contribution < 1.29 is 4.79 Å². The summed E-state index contributed by atoms with van der Waals surface area (Å²) in [6.07, 6.45) is 3.47. The van der Waals surface area contributed by atoms with Crippen molar-refractivity contribution in [3.05, 3.63) is 52.8 Å². The molecule has 0 aliphatic rings. The van der Waals surface area contributed by atoms with Gasteiger partial charge in [-0.15, -0.1) is 0 Å². The number of halogens is 1. The highest BCUT2D eigenvalue weighted by molar-refractivity contribution is 9.10. The van der Waals surface area contributed by atoms with E-state index >= 15 is 0 Å². The summed E-state index contributed by atoms with van der Waals surface area (Å²) >= 11 is 3.34. The van der Waals surface area contributed by atoms with Crippen LogP contribution < -0.4 is 0 Å². The first-order valence-electron chi connectivity index (χ1n) is 4.97. The second-order valence-electron chi connectivity index (χ2n) is 3.53. The molecule has 0 radical (unpaired) electrons. The third kappa shape index (κ3) is 2.22. The number of ketones is 1. The van der Waals surface area contributed by atoms with Crippen LogP contribution in [-0.4, -0.2) is 15.6 Å². The molecule has 0 saturated carbocycles. The Morgan fingerprint density at radius 1 is 1.38 bits per heavy atom. The first kappa shape index (κ1) is 11.1. The van der Waals surface area contributed by atoms with E-state index in [2.05, 4.69) is 21.0 Å². The number of aromatic nitrogens is 2. The molecular formula is C12H11BrN2O. The zero-order chi connectivity index (χ0) is 11.5. The van der Waals surface area contributed by atoms with E-state index in [0.717, 1.165) is 4.47 Å². The monoisotopic (exact) mass is 278 g/mol. The Labute approximate surface area is 102 Å². The summed E-state index contributed by atoms with van der Waals surface area (Å²) in [5.41, 5.74) is 0.700. The third-order valence-corrected chi connectivity index (χ3v) is 2.96. The van der Waals surface area contributed by atoms with E-state index in [1.165, 1.54) is 0 Å². The van der Waals surface area contributed by atoms with Gasteiger partial charge in [0.1, 0.15) is 6.04 Å². The topological polar surface area (TPSA) is 34.9 Å². The van der Waals surface area contributed by atoms with Crippen LogP contribution in [0, 0.1) is 0 Å². The SMILES string of the molecule is CC(C(=O)c1ccc(Br)cc1)n1cccn1. The maximum absolute atomic E-state index is 12.1. The van der Waals surface area contributed by atoms with Gasteiger partial charge in [-0.05, 0) is 25.1 Å². The molecule has 1 aromatic carbocycles. The predicted molar refractivity (Wildman–Crippen MR) is 65.4 cm³/mol. The van der Waals surface area contributed by atoms with Crippen LogP contribution in [0.4, 0.5) is 0 Å². The smallest absolute Gasteiger partial charge is 0.187 e. The molecule has 0 aliphatic carbocycles. The van der Waals surface area contributed by atoms with Crippen molar-refractivity contribution >= 4 is 21.7 Å². The van der Waals surface area contributed by atoms with Crippen LogP contribution in [0.3, 0.4) is 0 Å². The van der Waals surface area contributed by atoms with Gasteiger partial charge in [0.05, 0.1) is 0 Å². The fourth-order valence-corrected chi connectivity index (χ4v) is 1.75. The Morgan fingerprint density at radius 2 is 2.06 bits per heavy atom. The summed E-state index contributed by atoms with van der Waals surface area (Å²) in [6, 6.07) is 8.90. The van der Waals surface area contributed by atoms with Gasteiger partial charge >= 0.3 is 0 Å². The van der Waals surface area contributed by atoms with E-state index in [-0.39, 0.29) is 11.8 Å². The Morgan fingerprint density at radius 3 is 2.62 bits per heavy atom. The lowest BCUT2D eigenvalue weighted by atomic mass is 10.1. The number of carbonyl (C=O) groups is 1. The lowest BCUT2D eigenvalue weighted by molar-refractivity contribution is 0.0928. The molecule has 3 nitrogen and oxygen atoms in total. The van der Waals surface area contributed by atoms with E-state index < -0.39 is 0 Å². The van der Waals surface area contributed by atoms with Crippen molar-refractivity contribution in [3.8, 4) is 0 Å². The molecule has 0 amide bonds. The molecule has 4 heteroatoms. The van der Waals surface area contributed by atoms with Gasteiger partial charge in [0, 0.05) is 22.4 Å². The number of carbonyl (C=O) groups excluding carboxylic acids is 1. The van der Waals surface area contributed by atoms with Crippen molar-refractivity contribution in [2.45, 2.75) is 13.0 Å². The molecule has 16 heavy (non-hydrogen) atoms. The minimum absolute atomic E-state index is 0.0659. The number of Topliss-reactive ketones (excluding diaryl/α,β-unsaturated/α-hetero) is 1. The van der Waals surface area contributed by atoms with Crippen molar-refractivity contribution in [2.24, 2.45) is 0 Å². The molecular weight excluding hydrogens is 268 g/mol. The lowest BCUT2D eigenvalue weighted by Crippen LogP contribution is -2.16. The summed E-state index contributed by atoms with van der Waals surface area (Å²) < 4.78 is 2.63. The van der Waals surface area contributed by atoms with Gasteiger partial charge in [0.15, 0.2) is 5.78 Å². The molecule has 1 unspecified atom stereocenters. The van der Waals surface area contributed by atoms with Crippen molar-refractivity contribution in [1.82, 2.24) is 9.78 Å². The van der Waals surface area contributed by atoms with Crippen molar-refractivity contribution in [3.63, 3.8) is 0 Å². The zero-order valence-electron chi connectivity index (χ0n) is 8.80. The second-order valence-corrected chi connectivity index (χ2v) is 4.45. The van der Waals surface area contributed by atoms with E-state index in [9.17, 15) is 4.79 Å². The minimum Gasteiger partial charge on any atom is -0.292 e. The predicted octanol–water partition coefficient (Wildman–Crippen LogP) is 3.09. The molecule has 0 aliphatic heterocycles. The number of benzene rings is 1. The molecule has 1 atom stereocenters. The average molecular weight is 279 g/mol. The molecule has 1 heterocycles. The maximum Gasteiger partial charge on any atom is 0.187 e. The van der Waals surface area contributed by atoms with E-state index in [1.807, 2.05) is 37.3 Å². The number of hydrogen-bond acceptors (Lipinski definition) is 2. The summed E-state index contributed by atoms with van der Waals surface area (Å²) in [5, 5.41) is 4.07. The fraction of sp³-hybridized carbons (Fsp3) is 0.167. The molecule has 1 aromatic heterocycles. The first-order chi connectivity index (χ1) is 7.68. The molecule has 0 spiro atoms. The van der Waals surface area contributed by atoms with Gasteiger partial charge in [0.25, 0.3) is 0 Å². The molecule has 2 rings (SSSR count). The second kappa shape index (κ2) is 4.61. The molecule has 0 N–H and O–H groups in total. The van der Waals surface area contributed by atoms with Gasteiger partial charge in [0.2, 0.25) is 0 Å². The van der Waals surface area contributed by atoms with Crippen LogP contribution >= 0.6 is 15.9 Å². The lowest BCUT2D eigenvalue weighted by Gasteiger charge is -2.10. The van der Waals surface area contributed by atoms with Gasteiger partial charge in [-0.25, -0.2) is 0 Å². The normalized spacial score (nSPS) is 12.4. The van der Waals surface area contributed by atoms with E-state index in [0.29, 0.717) is 5.56 Å². The molecule has 2 aromatic rings. The quantitative estimate of drug-likeness (QED) is 0.809. The Kier molecular flexibility index (Phi) is 3.19. The van der Waals surface area contributed by atoms with Gasteiger partial charge < -0.3 is 0 Å². The molecule has 82 valence electrons. The number of hydrogen-bond donors (Lipinski definition) is 0. The van der Waals surface area contributed by atoms with Gasteiger partial charge in [-0.2, -0.15) is 5.10 Å². The fourth-order valence-electron chi connectivity index (χ4n) is 1.49. The summed E-state index contributed by atoms with van der Waals surface area (Å²) in [5.74, 6) is 0.0659. The summed E-state index contributed by atoms with van der Waals surface area (Å²) in [7, 11) is 0. The largest absolute Gasteiger partial charge is 0.292 e. The first-order valence-corrected chi connectivity index (χ1v) is 5.76. The van der Waals surface area contributed by atoms with Crippen LogP contribution in [-0.2, 0) is 0 Å². The van der Waals surface area contributed by atoms with Crippen LogP contribution in [0.2, 0.25) is 0 Å². The summed E-state index contributed by atoms with van der Waals surface area (Å²) in [4.78, 5) is 12.1. The average Bonchev–Trinajstić information content (AvgIpc) is 2.81. The third-order valence-electron chi connectivity index (χ3n) is 2.43. The zero-order valence-corrected chi connectivity index (χ0v) is 10.4. The van der Waals surface area contributed by atoms with Crippen molar-refractivity contribution in [1.29, 1.82) is 0 Å². The van der Waals surface area contributed by atoms with Crippen molar-refractivity contribution in [2.75, 3.05) is 0 Å². The molecule has 0 fully saturated rings. The van der Waals surface area contributed by atoms with Gasteiger partial charge in [-0.1, -0.05) is 28.1 Å². The van der Waals surface area contributed by atoms with Crippen LogP contribution in [0.5, 0.6) is 0 Å². The van der Waals surface area contributed by atoms with E-state index in [1.54, 1.807) is 17.1 Å². The van der Waals surface area contributed by atoms with Crippen LogP contribution in [0.25, 0.3) is 0 Å². The molecule has 0 bridgehead atoms. The minimum atomic E-state index is -0.267. The molecule has 0 saturated heterocycles. The van der Waals surface area contributed by atoms with E-state index in [4.69, 9.17) is 0 Å². The van der Waals surface area contributed by atoms with Crippen LogP contribution in [0.1, 0.15) is 23.3 Å². The number of rotatable bonds is 3. The Hall–Kier alpha value is -1.42. The maximum atomic E-state index is 12.1. The number of nitrogens with zero attached hydrogens (tertiary/aromatic N) is 2. The van der Waals surface area contributed by atoms with Gasteiger partial charge in [-0.3, -0.25) is 9.48 Å².